The van der Waals surface area contributed by atoms with Crippen molar-refractivity contribution in [1.82, 2.24) is 14.7 Å². The number of aromatic nitrogens is 1. The van der Waals surface area contributed by atoms with Crippen LogP contribution < -0.4 is 10.4 Å². The van der Waals surface area contributed by atoms with Gasteiger partial charge in [-0.3, -0.25) is 9.99 Å². The van der Waals surface area contributed by atoms with Crippen molar-refractivity contribution in [2.45, 2.75) is 39.5 Å². The van der Waals surface area contributed by atoms with Crippen molar-refractivity contribution in [3.63, 3.8) is 0 Å². The molecule has 1 aliphatic heterocycles. The van der Waals surface area contributed by atoms with Crippen LogP contribution >= 0.6 is 0 Å². The number of anilines is 1. The maximum absolute atomic E-state index is 13.5. The molecule has 190 valence electrons. The van der Waals surface area contributed by atoms with E-state index in [1.54, 1.807) is 22.6 Å². The zero-order valence-electron chi connectivity index (χ0n) is 20.8. The molecule has 2 heterocycles. The molecule has 0 bridgehead atoms. The molecule has 0 fully saturated rings. The lowest BCUT2D eigenvalue weighted by molar-refractivity contribution is 0.357. The van der Waals surface area contributed by atoms with Gasteiger partial charge in [0.15, 0.2) is 0 Å². The Morgan fingerprint density at radius 1 is 1.19 bits per heavy atom. The summed E-state index contributed by atoms with van der Waals surface area (Å²) < 4.78 is 41.6. The molecule has 2 aliphatic carbocycles. The summed E-state index contributed by atoms with van der Waals surface area (Å²) in [6.45, 7) is 5.06. The van der Waals surface area contributed by atoms with Crippen molar-refractivity contribution < 1.29 is 12.8 Å². The molecule has 5 rings (SSSR count). The number of hydrogen-bond donors (Lipinski definition) is 1. The number of hydrazine groups is 1. The second kappa shape index (κ2) is 10.2. The Balaban J connectivity index is 1.39. The fourth-order valence-corrected chi connectivity index (χ4v) is 7.22. The molecule has 6 nitrogen and oxygen atoms in total. The van der Waals surface area contributed by atoms with E-state index in [1.165, 1.54) is 28.9 Å². The molecule has 0 amide bonds. The minimum absolute atomic E-state index is 0.162. The monoisotopic (exact) mass is 508 g/mol. The predicted molar refractivity (Wildman–Crippen MR) is 141 cm³/mol. The first-order valence-corrected chi connectivity index (χ1v) is 14.3. The summed E-state index contributed by atoms with van der Waals surface area (Å²) >= 11 is 0. The minimum atomic E-state index is -3.35. The summed E-state index contributed by atoms with van der Waals surface area (Å²) in [5.41, 5.74) is 10.0. The van der Waals surface area contributed by atoms with Crippen LogP contribution in [0.5, 0.6) is 0 Å². The molecule has 1 aromatic heterocycles. The van der Waals surface area contributed by atoms with Crippen molar-refractivity contribution >= 4 is 15.7 Å². The Morgan fingerprint density at radius 3 is 2.72 bits per heavy atom. The van der Waals surface area contributed by atoms with Crippen LogP contribution in [-0.2, 0) is 16.4 Å². The number of halogens is 1. The minimum Gasteiger partial charge on any atom is -0.301 e. The third-order valence-corrected chi connectivity index (χ3v) is 9.45. The fourth-order valence-electron chi connectivity index (χ4n) is 5.67. The zero-order valence-corrected chi connectivity index (χ0v) is 21.6. The Labute approximate surface area is 213 Å². The van der Waals surface area contributed by atoms with Crippen molar-refractivity contribution in [3.8, 4) is 0 Å². The maximum atomic E-state index is 13.5. The Hall–Kier alpha value is -2.97. The van der Waals surface area contributed by atoms with Crippen molar-refractivity contribution in [3.05, 3.63) is 94.9 Å². The summed E-state index contributed by atoms with van der Waals surface area (Å²) in [7, 11) is -3.35. The van der Waals surface area contributed by atoms with Gasteiger partial charge in [0, 0.05) is 49.1 Å². The molecule has 3 aliphatic rings. The van der Waals surface area contributed by atoms with Gasteiger partial charge in [-0.1, -0.05) is 25.5 Å². The third kappa shape index (κ3) is 4.84. The summed E-state index contributed by atoms with van der Waals surface area (Å²) in [4.78, 5) is 4.38. The van der Waals surface area contributed by atoms with Crippen LogP contribution in [0.2, 0.25) is 0 Å². The summed E-state index contributed by atoms with van der Waals surface area (Å²) in [5, 5.41) is 1.99. The van der Waals surface area contributed by atoms with Crippen molar-refractivity contribution in [1.29, 1.82) is 0 Å². The highest BCUT2D eigenvalue weighted by Crippen LogP contribution is 2.48. The Bertz CT molecular complexity index is 1300. The summed E-state index contributed by atoms with van der Waals surface area (Å²) in [6, 6.07) is 12.2. The van der Waals surface area contributed by atoms with Gasteiger partial charge in [0.05, 0.1) is 17.1 Å². The number of sulfonamides is 1. The molecular weight excluding hydrogens is 475 g/mol. The number of allylic oxidation sites excluding steroid dienone is 3. The first-order valence-electron chi connectivity index (χ1n) is 12.7. The van der Waals surface area contributed by atoms with Gasteiger partial charge in [-0.25, -0.2) is 17.1 Å². The summed E-state index contributed by atoms with van der Waals surface area (Å²) in [6.07, 6.45) is 9.07. The van der Waals surface area contributed by atoms with Gasteiger partial charge in [-0.15, -0.1) is 0 Å². The quantitative estimate of drug-likeness (QED) is 0.519. The number of pyridine rings is 1. The van der Waals surface area contributed by atoms with Crippen molar-refractivity contribution in [2.75, 3.05) is 23.9 Å². The predicted octanol–water partition coefficient (Wildman–Crippen LogP) is 4.95. The van der Waals surface area contributed by atoms with E-state index in [-0.39, 0.29) is 23.4 Å². The molecule has 0 unspecified atom stereocenters. The molecule has 1 aromatic carbocycles. The van der Waals surface area contributed by atoms with E-state index in [9.17, 15) is 12.8 Å². The maximum Gasteiger partial charge on any atom is 0.214 e. The number of fused-ring (bicyclic) bond motifs is 1. The summed E-state index contributed by atoms with van der Waals surface area (Å²) in [5.74, 6) is 0.266. The van der Waals surface area contributed by atoms with E-state index in [1.807, 2.05) is 36.3 Å². The SMILES string of the molecule is CCCS(=O)(=O)N(CCc1ccccn1)C[C@H]1CCC2=C1[C@@H](C)C1=CNN(c3ccc(F)cc3)C1=C2. The topological polar surface area (TPSA) is 65.5 Å². The van der Waals surface area contributed by atoms with Gasteiger partial charge in [-0.05, 0) is 73.2 Å². The van der Waals surface area contributed by atoms with E-state index in [4.69, 9.17) is 0 Å². The smallest absolute Gasteiger partial charge is 0.214 e. The van der Waals surface area contributed by atoms with Gasteiger partial charge in [0.25, 0.3) is 0 Å². The van der Waals surface area contributed by atoms with Crippen molar-refractivity contribution in [2.24, 2.45) is 11.8 Å². The standard InChI is InChI=1S/C28H33FN4O2S/c1-3-16-36(34,35)32(15-13-24-6-4-5-14-30-24)19-22-8-7-21-17-27-26(20(2)28(21)22)18-31-33(27)25-11-9-23(29)10-12-25/h4-6,9-12,14,17-18,20,22,31H,3,7-8,13,15-16,19H2,1-2H3/t20-,22+/m0/s1. The first-order chi connectivity index (χ1) is 17.4. The molecule has 8 heteroatoms. The van der Waals surface area contributed by atoms with Crippen LogP contribution in [0.1, 0.15) is 38.8 Å². The molecule has 0 saturated carbocycles. The lowest BCUT2D eigenvalue weighted by Gasteiger charge is -2.32. The van der Waals surface area contributed by atoms with Gasteiger partial charge >= 0.3 is 0 Å². The zero-order chi connectivity index (χ0) is 25.3. The highest BCUT2D eigenvalue weighted by molar-refractivity contribution is 7.89. The van der Waals surface area contributed by atoms with E-state index in [0.29, 0.717) is 25.9 Å². The second-order valence-electron chi connectivity index (χ2n) is 9.75. The third-order valence-electron chi connectivity index (χ3n) is 7.41. The van der Waals surface area contributed by atoms with E-state index in [2.05, 4.69) is 23.4 Å². The fraction of sp³-hybridized carbons (Fsp3) is 0.393. The highest BCUT2D eigenvalue weighted by atomic mass is 32.2. The van der Waals surface area contributed by atoms with E-state index in [0.717, 1.165) is 29.9 Å². The molecule has 0 saturated heterocycles. The normalized spacial score (nSPS) is 21.3. The molecule has 2 aromatic rings. The Kier molecular flexibility index (Phi) is 6.99. The van der Waals surface area contributed by atoms with Gasteiger partial charge in [-0.2, -0.15) is 0 Å². The first kappa shape index (κ1) is 24.7. The van der Waals surface area contributed by atoms with Gasteiger partial charge in [0.2, 0.25) is 10.0 Å². The largest absolute Gasteiger partial charge is 0.301 e. The molecule has 36 heavy (non-hydrogen) atoms. The average Bonchev–Trinajstić information content (AvgIpc) is 3.48. The number of rotatable bonds is 9. The van der Waals surface area contributed by atoms with E-state index >= 15 is 0 Å². The van der Waals surface area contributed by atoms with Crippen LogP contribution in [0.25, 0.3) is 0 Å². The number of nitrogens with one attached hydrogen (secondary N) is 1. The van der Waals surface area contributed by atoms with Gasteiger partial charge in [0.1, 0.15) is 5.82 Å². The van der Waals surface area contributed by atoms with Crippen LogP contribution in [0.15, 0.2) is 83.4 Å². The van der Waals surface area contributed by atoms with E-state index < -0.39 is 10.0 Å². The van der Waals surface area contributed by atoms with Gasteiger partial charge < -0.3 is 5.43 Å². The lowest BCUT2D eigenvalue weighted by Crippen LogP contribution is -2.39. The Morgan fingerprint density at radius 2 is 2.00 bits per heavy atom. The number of benzene rings is 1. The average molecular weight is 509 g/mol. The molecule has 2 atom stereocenters. The second-order valence-corrected chi connectivity index (χ2v) is 11.8. The van der Waals surface area contributed by atoms with Crippen LogP contribution in [0.4, 0.5) is 10.1 Å². The highest BCUT2D eigenvalue weighted by Gasteiger charge is 2.39. The molecule has 1 N–H and O–H groups in total. The molecule has 0 radical (unpaired) electrons. The van der Waals surface area contributed by atoms with Crippen LogP contribution in [0.3, 0.4) is 0 Å². The van der Waals surface area contributed by atoms with Crippen LogP contribution in [-0.4, -0.2) is 36.5 Å². The van der Waals surface area contributed by atoms with Crippen LogP contribution in [0, 0.1) is 17.7 Å². The molecular formula is C28H33FN4O2S. The number of nitrogens with zero attached hydrogens (tertiary/aromatic N) is 3. The molecule has 0 spiro atoms. The number of hydrogen-bond acceptors (Lipinski definition) is 5. The lowest BCUT2D eigenvalue weighted by atomic mass is 9.80.